The standard InChI is InChI=1S/C12H14BrClN4/c1-3-15-11(12-16-7-17-18(12)2)8-4-5-10(14)9(13)6-8/h4-7,11,15H,3H2,1-2H3. The SMILES string of the molecule is CCNC(c1ccc(Cl)c(Br)c1)c1ncnn1C. The summed E-state index contributed by atoms with van der Waals surface area (Å²) in [5.74, 6) is 0.881. The van der Waals surface area contributed by atoms with E-state index in [1.165, 1.54) is 0 Å². The molecule has 6 heteroatoms. The van der Waals surface area contributed by atoms with E-state index in [2.05, 4.69) is 38.3 Å². The predicted octanol–water partition coefficient (Wildman–Crippen LogP) is 2.93. The van der Waals surface area contributed by atoms with Crippen molar-refractivity contribution >= 4 is 27.5 Å². The van der Waals surface area contributed by atoms with Crippen LogP contribution in [-0.2, 0) is 7.05 Å². The molecule has 0 bridgehead atoms. The maximum absolute atomic E-state index is 6.02. The Morgan fingerprint density at radius 2 is 2.28 bits per heavy atom. The Hall–Kier alpha value is -0.910. The average molecular weight is 330 g/mol. The molecule has 0 aliphatic carbocycles. The maximum Gasteiger partial charge on any atom is 0.148 e. The molecular formula is C12H14BrClN4. The van der Waals surface area contributed by atoms with Gasteiger partial charge in [-0.15, -0.1) is 0 Å². The second-order valence-corrected chi connectivity index (χ2v) is 5.17. The lowest BCUT2D eigenvalue weighted by molar-refractivity contribution is 0.559. The molecule has 1 heterocycles. The summed E-state index contributed by atoms with van der Waals surface area (Å²) in [5.41, 5.74) is 1.10. The molecule has 0 fully saturated rings. The van der Waals surface area contributed by atoms with Crippen LogP contribution in [-0.4, -0.2) is 21.3 Å². The van der Waals surface area contributed by atoms with Gasteiger partial charge in [-0.25, -0.2) is 4.98 Å². The second-order valence-electron chi connectivity index (χ2n) is 3.91. The zero-order valence-corrected chi connectivity index (χ0v) is 12.5. The van der Waals surface area contributed by atoms with E-state index in [0.717, 1.165) is 22.4 Å². The Bertz CT molecular complexity index is 541. The van der Waals surface area contributed by atoms with Gasteiger partial charge in [-0.1, -0.05) is 24.6 Å². The van der Waals surface area contributed by atoms with Crippen LogP contribution in [0.1, 0.15) is 24.4 Å². The number of rotatable bonds is 4. The van der Waals surface area contributed by atoms with E-state index in [0.29, 0.717) is 5.02 Å². The molecule has 0 spiro atoms. The van der Waals surface area contributed by atoms with Crippen LogP contribution in [0.25, 0.3) is 0 Å². The van der Waals surface area contributed by atoms with Crippen molar-refractivity contribution in [2.75, 3.05) is 6.54 Å². The Morgan fingerprint density at radius 1 is 1.50 bits per heavy atom. The molecule has 1 aromatic heterocycles. The molecule has 0 saturated heterocycles. The van der Waals surface area contributed by atoms with Crippen LogP contribution in [0.15, 0.2) is 29.0 Å². The highest BCUT2D eigenvalue weighted by Gasteiger charge is 2.18. The van der Waals surface area contributed by atoms with Gasteiger partial charge in [-0.2, -0.15) is 5.10 Å². The number of aromatic nitrogens is 3. The minimum atomic E-state index is 0.0102. The van der Waals surface area contributed by atoms with Crippen LogP contribution in [0.5, 0.6) is 0 Å². The molecule has 1 aromatic carbocycles. The highest BCUT2D eigenvalue weighted by molar-refractivity contribution is 9.10. The summed E-state index contributed by atoms with van der Waals surface area (Å²) in [6.45, 7) is 2.91. The van der Waals surface area contributed by atoms with Crippen molar-refractivity contribution in [1.29, 1.82) is 0 Å². The zero-order valence-electron chi connectivity index (χ0n) is 10.2. The van der Waals surface area contributed by atoms with Crippen LogP contribution in [0.4, 0.5) is 0 Å². The monoisotopic (exact) mass is 328 g/mol. The summed E-state index contributed by atoms with van der Waals surface area (Å²) in [6, 6.07) is 5.89. The number of aryl methyl sites for hydroxylation is 1. The molecule has 2 aromatic rings. The summed E-state index contributed by atoms with van der Waals surface area (Å²) in [7, 11) is 1.89. The lowest BCUT2D eigenvalue weighted by atomic mass is 10.1. The number of hydrogen-bond acceptors (Lipinski definition) is 3. The van der Waals surface area contributed by atoms with E-state index in [1.54, 1.807) is 11.0 Å². The van der Waals surface area contributed by atoms with Crippen LogP contribution in [0, 0.1) is 0 Å². The third kappa shape index (κ3) is 2.74. The molecule has 1 unspecified atom stereocenters. The summed E-state index contributed by atoms with van der Waals surface area (Å²) in [5, 5.41) is 8.22. The first-order valence-electron chi connectivity index (χ1n) is 5.65. The van der Waals surface area contributed by atoms with Gasteiger partial charge in [0.05, 0.1) is 11.1 Å². The van der Waals surface area contributed by atoms with Gasteiger partial charge in [0.25, 0.3) is 0 Å². The average Bonchev–Trinajstić information content (AvgIpc) is 2.76. The van der Waals surface area contributed by atoms with Gasteiger partial charge in [0.2, 0.25) is 0 Å². The highest BCUT2D eigenvalue weighted by Crippen LogP contribution is 2.28. The lowest BCUT2D eigenvalue weighted by Crippen LogP contribution is -2.25. The summed E-state index contributed by atoms with van der Waals surface area (Å²) in [4.78, 5) is 4.30. The molecule has 1 atom stereocenters. The largest absolute Gasteiger partial charge is 0.304 e. The minimum Gasteiger partial charge on any atom is -0.304 e. The molecule has 0 amide bonds. The molecule has 0 aliphatic heterocycles. The first-order chi connectivity index (χ1) is 8.63. The Morgan fingerprint density at radius 3 is 2.83 bits per heavy atom. The fraction of sp³-hybridized carbons (Fsp3) is 0.333. The molecule has 96 valence electrons. The minimum absolute atomic E-state index is 0.0102. The van der Waals surface area contributed by atoms with Crippen molar-refractivity contribution in [2.24, 2.45) is 7.05 Å². The van der Waals surface area contributed by atoms with Crippen molar-refractivity contribution in [3.8, 4) is 0 Å². The van der Waals surface area contributed by atoms with Gasteiger partial charge < -0.3 is 5.32 Å². The number of hydrogen-bond donors (Lipinski definition) is 1. The Labute approximate surface area is 119 Å². The van der Waals surface area contributed by atoms with E-state index < -0.39 is 0 Å². The van der Waals surface area contributed by atoms with E-state index >= 15 is 0 Å². The first kappa shape index (κ1) is 13.5. The topological polar surface area (TPSA) is 42.7 Å². The van der Waals surface area contributed by atoms with Gasteiger partial charge in [0.1, 0.15) is 12.2 Å². The zero-order chi connectivity index (χ0) is 13.1. The van der Waals surface area contributed by atoms with Gasteiger partial charge in [0.15, 0.2) is 0 Å². The lowest BCUT2D eigenvalue weighted by Gasteiger charge is -2.18. The van der Waals surface area contributed by atoms with Crippen molar-refractivity contribution < 1.29 is 0 Å². The number of nitrogens with one attached hydrogen (secondary N) is 1. The van der Waals surface area contributed by atoms with Crippen molar-refractivity contribution in [3.63, 3.8) is 0 Å². The van der Waals surface area contributed by atoms with E-state index in [-0.39, 0.29) is 6.04 Å². The van der Waals surface area contributed by atoms with Crippen LogP contribution in [0.3, 0.4) is 0 Å². The quantitative estimate of drug-likeness (QED) is 0.938. The molecule has 18 heavy (non-hydrogen) atoms. The molecule has 0 saturated carbocycles. The van der Waals surface area contributed by atoms with Crippen molar-refractivity contribution in [2.45, 2.75) is 13.0 Å². The van der Waals surface area contributed by atoms with Gasteiger partial charge in [0, 0.05) is 11.5 Å². The fourth-order valence-electron chi connectivity index (χ4n) is 1.82. The molecule has 0 radical (unpaired) electrons. The second kappa shape index (κ2) is 5.82. The molecule has 0 aliphatic rings. The van der Waals surface area contributed by atoms with Crippen LogP contribution >= 0.6 is 27.5 Å². The Kier molecular flexibility index (Phi) is 4.37. The maximum atomic E-state index is 6.02. The normalized spacial score (nSPS) is 12.7. The summed E-state index contributed by atoms with van der Waals surface area (Å²) < 4.78 is 2.65. The van der Waals surface area contributed by atoms with Gasteiger partial charge in [-0.3, -0.25) is 4.68 Å². The third-order valence-corrected chi connectivity index (χ3v) is 3.90. The number of nitrogens with zero attached hydrogens (tertiary/aromatic N) is 3. The molecule has 4 nitrogen and oxygen atoms in total. The van der Waals surface area contributed by atoms with E-state index in [4.69, 9.17) is 11.6 Å². The van der Waals surface area contributed by atoms with Gasteiger partial charge in [-0.05, 0) is 40.2 Å². The number of halogens is 2. The predicted molar refractivity (Wildman–Crippen MR) is 75.7 cm³/mol. The third-order valence-electron chi connectivity index (χ3n) is 2.69. The van der Waals surface area contributed by atoms with Crippen LogP contribution < -0.4 is 5.32 Å². The fourth-order valence-corrected chi connectivity index (χ4v) is 2.33. The highest BCUT2D eigenvalue weighted by atomic mass is 79.9. The Balaban J connectivity index is 2.41. The van der Waals surface area contributed by atoms with Gasteiger partial charge >= 0.3 is 0 Å². The van der Waals surface area contributed by atoms with Crippen molar-refractivity contribution in [3.05, 3.63) is 45.4 Å². The number of benzene rings is 1. The summed E-state index contributed by atoms with van der Waals surface area (Å²) >= 11 is 9.46. The van der Waals surface area contributed by atoms with Crippen molar-refractivity contribution in [1.82, 2.24) is 20.1 Å². The first-order valence-corrected chi connectivity index (χ1v) is 6.82. The van der Waals surface area contributed by atoms with E-state index in [9.17, 15) is 0 Å². The molecule has 2 rings (SSSR count). The summed E-state index contributed by atoms with van der Waals surface area (Å²) in [6.07, 6.45) is 1.56. The molecular weight excluding hydrogens is 316 g/mol. The smallest absolute Gasteiger partial charge is 0.148 e. The molecule has 1 N–H and O–H groups in total. The van der Waals surface area contributed by atoms with E-state index in [1.807, 2.05) is 25.2 Å². The van der Waals surface area contributed by atoms with Crippen LogP contribution in [0.2, 0.25) is 5.02 Å².